The molecule has 4 heteroatoms. The minimum absolute atomic E-state index is 0. The third-order valence-electron chi connectivity index (χ3n) is 1.40. The first-order valence-corrected chi connectivity index (χ1v) is 3.73. The number of alkyl halides is 1. The number of phenolic OH excluding ortho intramolecular Hbond substituents is 1. The second kappa shape index (κ2) is 4.85. The monoisotopic (exact) mass is 189 g/mol. The molecule has 1 aromatic carbocycles. The van der Waals surface area contributed by atoms with Crippen LogP contribution in [0.1, 0.15) is 5.56 Å². The molecule has 0 saturated heterocycles. The molecule has 0 aliphatic carbocycles. The summed E-state index contributed by atoms with van der Waals surface area (Å²) in [5.41, 5.74) is 0.932. The van der Waals surface area contributed by atoms with E-state index in [0.717, 1.165) is 5.56 Å². The van der Waals surface area contributed by atoms with Crippen LogP contribution in [0.25, 0.3) is 0 Å². The van der Waals surface area contributed by atoms with Gasteiger partial charge in [0, 0.05) is 5.88 Å². The fourth-order valence-corrected chi connectivity index (χ4v) is 0.971. The highest BCUT2D eigenvalue weighted by Crippen LogP contribution is 2.26. The Morgan fingerprint density at radius 2 is 2.17 bits per heavy atom. The minimum atomic E-state index is 0. The number of hydrogen-bond acceptors (Lipinski definition) is 3. The topological polar surface area (TPSA) is 64.5 Å². The Bertz CT molecular complexity index is 253. The van der Waals surface area contributed by atoms with Crippen LogP contribution >= 0.6 is 11.6 Å². The van der Waals surface area contributed by atoms with E-state index in [9.17, 15) is 0 Å². The van der Waals surface area contributed by atoms with Crippen molar-refractivity contribution in [2.75, 3.05) is 7.11 Å². The summed E-state index contributed by atoms with van der Waals surface area (Å²) in [6.07, 6.45) is 0. The van der Waals surface area contributed by atoms with Gasteiger partial charge in [-0.15, -0.1) is 11.6 Å². The zero-order valence-electron chi connectivity index (χ0n) is 6.88. The lowest BCUT2D eigenvalue weighted by Gasteiger charge is -2.03. The third-order valence-corrected chi connectivity index (χ3v) is 1.71. The van der Waals surface area contributed by atoms with E-state index in [4.69, 9.17) is 21.4 Å². The number of phenols is 1. The molecule has 4 N–H and O–H groups in total. The highest BCUT2D eigenvalue weighted by Gasteiger charge is 2.00. The van der Waals surface area contributed by atoms with Gasteiger partial charge in [0.15, 0.2) is 11.5 Å². The fourth-order valence-electron chi connectivity index (χ4n) is 0.805. The summed E-state index contributed by atoms with van der Waals surface area (Å²) < 4.78 is 4.88. The molecule has 1 rings (SSSR count). The number of rotatable bonds is 2. The van der Waals surface area contributed by atoms with Crippen LogP contribution in [0.3, 0.4) is 0 Å². The van der Waals surface area contributed by atoms with E-state index in [1.54, 1.807) is 18.2 Å². The maximum atomic E-state index is 9.16. The molecule has 0 radical (unpaired) electrons. The lowest BCUT2D eigenvalue weighted by atomic mass is 10.2. The summed E-state index contributed by atoms with van der Waals surface area (Å²) in [4.78, 5) is 0. The van der Waals surface area contributed by atoms with Gasteiger partial charge in [-0.25, -0.2) is 0 Å². The predicted molar refractivity (Wildman–Crippen MR) is 49.2 cm³/mol. The average molecular weight is 190 g/mol. The van der Waals surface area contributed by atoms with Crippen molar-refractivity contribution in [1.29, 1.82) is 0 Å². The summed E-state index contributed by atoms with van der Waals surface area (Å²) in [5, 5.41) is 9.16. The Balaban J connectivity index is 0.00000121. The molecule has 0 atom stereocenters. The molecule has 0 fully saturated rings. The second-order valence-corrected chi connectivity index (χ2v) is 2.41. The van der Waals surface area contributed by atoms with Crippen molar-refractivity contribution in [2.45, 2.75) is 5.88 Å². The van der Waals surface area contributed by atoms with Crippen molar-refractivity contribution in [2.24, 2.45) is 0 Å². The van der Waals surface area contributed by atoms with E-state index < -0.39 is 0 Å². The van der Waals surface area contributed by atoms with E-state index in [-0.39, 0.29) is 11.9 Å². The molecule has 0 aliphatic rings. The Morgan fingerprint density at radius 3 is 2.67 bits per heavy atom. The van der Waals surface area contributed by atoms with Crippen molar-refractivity contribution in [1.82, 2.24) is 6.15 Å². The lowest BCUT2D eigenvalue weighted by Crippen LogP contribution is -1.85. The summed E-state index contributed by atoms with van der Waals surface area (Å²) in [6.45, 7) is 0. The van der Waals surface area contributed by atoms with Crippen molar-refractivity contribution < 1.29 is 9.84 Å². The lowest BCUT2D eigenvalue weighted by molar-refractivity contribution is 0.373. The first-order chi connectivity index (χ1) is 5.27. The Kier molecular flexibility index (Phi) is 4.47. The van der Waals surface area contributed by atoms with Gasteiger partial charge in [0.1, 0.15) is 0 Å². The Hall–Kier alpha value is -0.930. The quantitative estimate of drug-likeness (QED) is 0.702. The largest absolute Gasteiger partial charge is 0.504 e. The summed E-state index contributed by atoms with van der Waals surface area (Å²) >= 11 is 5.57. The number of ether oxygens (including phenoxy) is 1. The van der Waals surface area contributed by atoms with Crippen LogP contribution in [0.2, 0.25) is 0 Å². The van der Waals surface area contributed by atoms with Gasteiger partial charge in [0.2, 0.25) is 0 Å². The molecule has 0 aliphatic heterocycles. The zero-order valence-corrected chi connectivity index (χ0v) is 7.64. The van der Waals surface area contributed by atoms with Crippen LogP contribution < -0.4 is 10.9 Å². The van der Waals surface area contributed by atoms with Gasteiger partial charge in [0.05, 0.1) is 7.11 Å². The molecule has 0 saturated carbocycles. The second-order valence-electron chi connectivity index (χ2n) is 2.14. The summed E-state index contributed by atoms with van der Waals surface area (Å²) in [7, 11) is 1.51. The van der Waals surface area contributed by atoms with E-state index in [1.807, 2.05) is 0 Å². The number of benzene rings is 1. The van der Waals surface area contributed by atoms with Crippen molar-refractivity contribution >= 4 is 11.6 Å². The molecular weight excluding hydrogens is 178 g/mol. The highest BCUT2D eigenvalue weighted by molar-refractivity contribution is 6.17. The Labute approximate surface area is 76.5 Å². The summed E-state index contributed by atoms with van der Waals surface area (Å²) in [5.74, 6) is 1.03. The average Bonchev–Trinajstić information content (AvgIpc) is 2.05. The van der Waals surface area contributed by atoms with Crippen LogP contribution in [-0.2, 0) is 5.88 Å². The molecule has 0 heterocycles. The predicted octanol–water partition coefficient (Wildman–Crippen LogP) is 2.30. The van der Waals surface area contributed by atoms with Crippen molar-refractivity contribution in [3.8, 4) is 11.5 Å². The SMILES string of the molecule is COc1cc(CCl)ccc1O.N. The van der Waals surface area contributed by atoms with Crippen LogP contribution in [-0.4, -0.2) is 12.2 Å². The number of hydrogen-bond donors (Lipinski definition) is 2. The molecule has 1 aromatic rings. The van der Waals surface area contributed by atoms with Crippen LogP contribution in [0, 0.1) is 0 Å². The van der Waals surface area contributed by atoms with Gasteiger partial charge < -0.3 is 16.0 Å². The van der Waals surface area contributed by atoms with Crippen LogP contribution in [0.15, 0.2) is 18.2 Å². The molecule has 12 heavy (non-hydrogen) atoms. The van der Waals surface area contributed by atoms with Gasteiger partial charge in [-0.1, -0.05) is 6.07 Å². The molecule has 0 unspecified atom stereocenters. The van der Waals surface area contributed by atoms with E-state index in [2.05, 4.69) is 0 Å². The van der Waals surface area contributed by atoms with E-state index in [0.29, 0.717) is 11.6 Å². The van der Waals surface area contributed by atoms with E-state index >= 15 is 0 Å². The van der Waals surface area contributed by atoms with E-state index in [1.165, 1.54) is 7.11 Å². The van der Waals surface area contributed by atoms with Gasteiger partial charge in [-0.3, -0.25) is 0 Å². The van der Waals surface area contributed by atoms with Crippen LogP contribution in [0.5, 0.6) is 11.5 Å². The van der Waals surface area contributed by atoms with Crippen molar-refractivity contribution in [3.05, 3.63) is 23.8 Å². The van der Waals surface area contributed by atoms with Gasteiger partial charge in [0.25, 0.3) is 0 Å². The third kappa shape index (κ3) is 2.29. The highest BCUT2D eigenvalue weighted by atomic mass is 35.5. The van der Waals surface area contributed by atoms with Gasteiger partial charge >= 0.3 is 0 Å². The molecular formula is C8H12ClNO2. The van der Waals surface area contributed by atoms with Gasteiger partial charge in [-0.05, 0) is 17.7 Å². The molecule has 3 nitrogen and oxygen atoms in total. The maximum absolute atomic E-state index is 9.16. The van der Waals surface area contributed by atoms with Crippen LogP contribution in [0.4, 0.5) is 0 Å². The zero-order chi connectivity index (χ0) is 8.27. The molecule has 0 bridgehead atoms. The smallest absolute Gasteiger partial charge is 0.160 e. The molecule has 0 spiro atoms. The number of aromatic hydroxyl groups is 1. The standard InChI is InChI=1S/C8H9ClO2.H3N/c1-11-8-4-6(5-9)2-3-7(8)10;/h2-4,10H,5H2,1H3;1H3. The number of halogens is 1. The normalized spacial score (nSPS) is 8.83. The number of methoxy groups -OCH3 is 1. The Morgan fingerprint density at radius 1 is 1.50 bits per heavy atom. The molecule has 0 amide bonds. The fraction of sp³-hybridized carbons (Fsp3) is 0.250. The minimum Gasteiger partial charge on any atom is -0.504 e. The molecule has 68 valence electrons. The van der Waals surface area contributed by atoms with Crippen molar-refractivity contribution in [3.63, 3.8) is 0 Å². The van der Waals surface area contributed by atoms with Gasteiger partial charge in [-0.2, -0.15) is 0 Å². The summed E-state index contributed by atoms with van der Waals surface area (Å²) in [6, 6.07) is 5.03. The first-order valence-electron chi connectivity index (χ1n) is 3.19. The first kappa shape index (κ1) is 11.1. The molecule has 0 aromatic heterocycles. The maximum Gasteiger partial charge on any atom is 0.160 e.